The van der Waals surface area contributed by atoms with Crippen LogP contribution in [0.15, 0.2) is 29.6 Å². The van der Waals surface area contributed by atoms with Gasteiger partial charge in [-0.05, 0) is 32.0 Å². The second-order valence-corrected chi connectivity index (χ2v) is 6.06. The van der Waals surface area contributed by atoms with Crippen molar-refractivity contribution >= 4 is 17.2 Å². The van der Waals surface area contributed by atoms with E-state index in [9.17, 15) is 4.79 Å². The van der Waals surface area contributed by atoms with Crippen molar-refractivity contribution in [1.82, 2.24) is 15.6 Å². The molecule has 0 saturated carbocycles. The highest BCUT2D eigenvalue weighted by atomic mass is 32.1. The summed E-state index contributed by atoms with van der Waals surface area (Å²) in [7, 11) is 0. The van der Waals surface area contributed by atoms with Crippen LogP contribution in [-0.2, 0) is 0 Å². The number of nitrogens with zero attached hydrogens (tertiary/aromatic N) is 1. The number of nitrogens with one attached hydrogen (secondary N) is 2. The van der Waals surface area contributed by atoms with E-state index in [0.717, 1.165) is 35.8 Å². The van der Waals surface area contributed by atoms with E-state index in [-0.39, 0.29) is 11.9 Å². The third-order valence-electron chi connectivity index (χ3n) is 3.44. The molecule has 1 aromatic carbocycles. The fourth-order valence-electron chi connectivity index (χ4n) is 2.36. The number of hydrogen-bond donors (Lipinski definition) is 2. The minimum atomic E-state index is -0.00694. The summed E-state index contributed by atoms with van der Waals surface area (Å²) < 4.78 is 0. The molecule has 1 unspecified atom stereocenters. The monoisotopic (exact) mass is 287 g/mol. The zero-order valence-corrected chi connectivity index (χ0v) is 12.2. The first kappa shape index (κ1) is 13.3. The Labute approximate surface area is 122 Å². The fraction of sp³-hybridized carbons (Fsp3) is 0.333. The molecular formula is C15H17N3OS. The van der Waals surface area contributed by atoms with Crippen LogP contribution >= 0.6 is 11.3 Å². The summed E-state index contributed by atoms with van der Waals surface area (Å²) in [5, 5.41) is 9.36. The maximum Gasteiger partial charge on any atom is 0.251 e. The lowest BCUT2D eigenvalue weighted by Gasteiger charge is -2.11. The van der Waals surface area contributed by atoms with Gasteiger partial charge in [0.25, 0.3) is 5.91 Å². The molecule has 20 heavy (non-hydrogen) atoms. The molecular weight excluding hydrogens is 270 g/mol. The molecule has 1 fully saturated rings. The number of aromatic nitrogens is 1. The molecule has 104 valence electrons. The van der Waals surface area contributed by atoms with Crippen LogP contribution in [-0.4, -0.2) is 30.0 Å². The summed E-state index contributed by atoms with van der Waals surface area (Å²) in [5.41, 5.74) is 2.62. The minimum Gasteiger partial charge on any atom is -0.348 e. The highest BCUT2D eigenvalue weighted by Crippen LogP contribution is 2.22. The zero-order chi connectivity index (χ0) is 13.9. The van der Waals surface area contributed by atoms with E-state index in [1.165, 1.54) is 0 Å². The highest BCUT2D eigenvalue weighted by molar-refractivity contribution is 7.09. The van der Waals surface area contributed by atoms with Crippen molar-refractivity contribution in [1.29, 1.82) is 0 Å². The Morgan fingerprint density at radius 1 is 1.50 bits per heavy atom. The van der Waals surface area contributed by atoms with Gasteiger partial charge in [0.2, 0.25) is 0 Å². The third kappa shape index (κ3) is 2.89. The van der Waals surface area contributed by atoms with Crippen molar-refractivity contribution in [2.45, 2.75) is 19.4 Å². The number of hydrogen-bond acceptors (Lipinski definition) is 4. The summed E-state index contributed by atoms with van der Waals surface area (Å²) >= 11 is 1.62. The average Bonchev–Trinajstić information content (AvgIpc) is 3.10. The molecule has 0 bridgehead atoms. The van der Waals surface area contributed by atoms with Crippen molar-refractivity contribution in [2.24, 2.45) is 0 Å². The van der Waals surface area contributed by atoms with Crippen LogP contribution < -0.4 is 10.6 Å². The molecule has 2 N–H and O–H groups in total. The van der Waals surface area contributed by atoms with E-state index in [2.05, 4.69) is 15.6 Å². The van der Waals surface area contributed by atoms with E-state index < -0.39 is 0 Å². The van der Waals surface area contributed by atoms with Crippen molar-refractivity contribution < 1.29 is 4.79 Å². The maximum absolute atomic E-state index is 12.2. The summed E-state index contributed by atoms with van der Waals surface area (Å²) in [6, 6.07) is 7.90. The second kappa shape index (κ2) is 5.73. The van der Waals surface area contributed by atoms with Gasteiger partial charge in [0.1, 0.15) is 0 Å². The molecule has 0 spiro atoms. The number of amides is 1. The molecule has 1 amide bonds. The van der Waals surface area contributed by atoms with Gasteiger partial charge in [-0.3, -0.25) is 4.79 Å². The number of carbonyl (C=O) groups excluding carboxylic acids is 1. The smallest absolute Gasteiger partial charge is 0.251 e. The van der Waals surface area contributed by atoms with Gasteiger partial charge in [-0.2, -0.15) is 0 Å². The predicted octanol–water partition coefficient (Wildman–Crippen LogP) is 2.21. The summed E-state index contributed by atoms with van der Waals surface area (Å²) in [5.74, 6) is -0.00694. The molecule has 2 heterocycles. The lowest BCUT2D eigenvalue weighted by Crippen LogP contribution is -2.36. The van der Waals surface area contributed by atoms with Crippen LogP contribution in [0, 0.1) is 6.92 Å². The first-order valence-corrected chi connectivity index (χ1v) is 7.64. The normalized spacial score (nSPS) is 18.1. The van der Waals surface area contributed by atoms with Crippen LogP contribution in [0.1, 0.15) is 21.8 Å². The SMILES string of the molecule is Cc1nc(-c2cccc(C(=O)NC3CCNC3)c2)cs1. The standard InChI is InChI=1S/C15H17N3OS/c1-10-17-14(9-20-10)11-3-2-4-12(7-11)15(19)18-13-5-6-16-8-13/h2-4,7,9,13,16H,5-6,8H2,1H3,(H,18,19). The van der Waals surface area contributed by atoms with Crippen LogP contribution in [0.25, 0.3) is 11.3 Å². The Kier molecular flexibility index (Phi) is 3.80. The van der Waals surface area contributed by atoms with E-state index in [0.29, 0.717) is 5.56 Å². The Balaban J connectivity index is 1.78. The molecule has 2 aromatic rings. The number of rotatable bonds is 3. The molecule has 0 aliphatic carbocycles. The van der Waals surface area contributed by atoms with Gasteiger partial charge in [0.05, 0.1) is 10.7 Å². The van der Waals surface area contributed by atoms with Crippen molar-refractivity contribution in [3.8, 4) is 11.3 Å². The quantitative estimate of drug-likeness (QED) is 0.910. The number of thiazole rings is 1. The van der Waals surface area contributed by atoms with E-state index in [1.807, 2.05) is 36.6 Å². The van der Waals surface area contributed by atoms with Crippen LogP contribution in [0.2, 0.25) is 0 Å². The fourth-order valence-corrected chi connectivity index (χ4v) is 2.98. The van der Waals surface area contributed by atoms with Crippen molar-refractivity contribution in [3.05, 3.63) is 40.2 Å². The second-order valence-electron chi connectivity index (χ2n) is 5.00. The number of carbonyl (C=O) groups is 1. The topological polar surface area (TPSA) is 54.0 Å². The largest absolute Gasteiger partial charge is 0.348 e. The molecule has 1 aromatic heterocycles. The lowest BCUT2D eigenvalue weighted by molar-refractivity contribution is 0.0940. The van der Waals surface area contributed by atoms with Gasteiger partial charge in [-0.1, -0.05) is 12.1 Å². The Hall–Kier alpha value is -1.72. The van der Waals surface area contributed by atoms with Crippen molar-refractivity contribution in [2.75, 3.05) is 13.1 Å². The molecule has 1 saturated heterocycles. The molecule has 1 aliphatic rings. The molecule has 5 heteroatoms. The van der Waals surface area contributed by atoms with E-state index >= 15 is 0 Å². The molecule has 1 atom stereocenters. The summed E-state index contributed by atoms with van der Waals surface area (Å²) in [4.78, 5) is 16.7. The van der Waals surface area contributed by atoms with E-state index in [4.69, 9.17) is 0 Å². The number of benzene rings is 1. The molecule has 3 rings (SSSR count). The minimum absolute atomic E-state index is 0.00694. The molecule has 1 aliphatic heterocycles. The van der Waals surface area contributed by atoms with Crippen molar-refractivity contribution in [3.63, 3.8) is 0 Å². The first-order chi connectivity index (χ1) is 9.72. The van der Waals surface area contributed by atoms with Gasteiger partial charge in [-0.15, -0.1) is 11.3 Å². The highest BCUT2D eigenvalue weighted by Gasteiger charge is 2.17. The Morgan fingerprint density at radius 2 is 2.40 bits per heavy atom. The molecule has 4 nitrogen and oxygen atoms in total. The first-order valence-electron chi connectivity index (χ1n) is 6.76. The summed E-state index contributed by atoms with van der Waals surface area (Å²) in [6.45, 7) is 3.82. The van der Waals surface area contributed by atoms with Gasteiger partial charge in [0.15, 0.2) is 0 Å². The summed E-state index contributed by atoms with van der Waals surface area (Å²) in [6.07, 6.45) is 0.997. The lowest BCUT2D eigenvalue weighted by atomic mass is 10.1. The van der Waals surface area contributed by atoms with Gasteiger partial charge in [-0.25, -0.2) is 4.98 Å². The van der Waals surface area contributed by atoms with Crippen LogP contribution in [0.4, 0.5) is 0 Å². The third-order valence-corrected chi connectivity index (χ3v) is 4.21. The average molecular weight is 287 g/mol. The van der Waals surface area contributed by atoms with E-state index in [1.54, 1.807) is 11.3 Å². The zero-order valence-electron chi connectivity index (χ0n) is 11.3. The van der Waals surface area contributed by atoms with Gasteiger partial charge >= 0.3 is 0 Å². The maximum atomic E-state index is 12.2. The Morgan fingerprint density at radius 3 is 3.10 bits per heavy atom. The number of aryl methyl sites for hydroxylation is 1. The van der Waals surface area contributed by atoms with Crippen LogP contribution in [0.3, 0.4) is 0 Å². The van der Waals surface area contributed by atoms with Gasteiger partial charge < -0.3 is 10.6 Å². The predicted molar refractivity (Wildman–Crippen MR) is 81.0 cm³/mol. The Bertz CT molecular complexity index is 617. The van der Waals surface area contributed by atoms with Gasteiger partial charge in [0, 0.05) is 29.1 Å². The molecule has 0 radical (unpaired) electrons. The van der Waals surface area contributed by atoms with Crippen LogP contribution in [0.5, 0.6) is 0 Å².